The van der Waals surface area contributed by atoms with E-state index in [1.807, 2.05) is 31.3 Å². The second kappa shape index (κ2) is 5.32. The van der Waals surface area contributed by atoms with Crippen molar-refractivity contribution in [2.75, 3.05) is 11.2 Å². The van der Waals surface area contributed by atoms with Crippen LogP contribution in [-0.2, 0) is 4.79 Å². The molecule has 0 aliphatic heterocycles. The van der Waals surface area contributed by atoms with E-state index in [1.54, 1.807) is 0 Å². The molecule has 0 radical (unpaired) electrons. The number of aliphatic imine (C=N–C) groups is 1. The standard InChI is InChI=1S/C13H15ClN2O/c1-9-3-2-4-11(16-12(17)7-14)13(9)15-8-10-5-6-10/h2-4,8,10H,5-7H2,1H3,(H,16,17)/b15-8-. The lowest BCUT2D eigenvalue weighted by Gasteiger charge is -2.09. The van der Waals surface area contributed by atoms with Crippen molar-refractivity contribution in [1.82, 2.24) is 0 Å². The molecule has 1 aromatic rings. The van der Waals surface area contributed by atoms with Crippen LogP contribution < -0.4 is 5.32 Å². The molecule has 1 aromatic carbocycles. The quantitative estimate of drug-likeness (QED) is 0.647. The molecule has 2 rings (SSSR count). The Hall–Kier alpha value is -1.35. The van der Waals surface area contributed by atoms with Crippen molar-refractivity contribution in [1.29, 1.82) is 0 Å². The largest absolute Gasteiger partial charge is 0.323 e. The predicted octanol–water partition coefficient (Wildman–Crippen LogP) is 3.28. The van der Waals surface area contributed by atoms with E-state index in [2.05, 4.69) is 10.3 Å². The molecule has 1 fully saturated rings. The SMILES string of the molecule is Cc1cccc(NC(=O)CCl)c1/N=C\C1CC1. The van der Waals surface area contributed by atoms with E-state index in [9.17, 15) is 4.79 Å². The van der Waals surface area contributed by atoms with Crippen LogP contribution in [0.25, 0.3) is 0 Å². The van der Waals surface area contributed by atoms with Crippen molar-refractivity contribution in [2.45, 2.75) is 19.8 Å². The summed E-state index contributed by atoms with van der Waals surface area (Å²) in [5.74, 6) is 0.367. The summed E-state index contributed by atoms with van der Waals surface area (Å²) in [5, 5.41) is 2.76. The second-order valence-electron chi connectivity index (χ2n) is 4.27. The topological polar surface area (TPSA) is 41.5 Å². The predicted molar refractivity (Wildman–Crippen MR) is 71.4 cm³/mol. The maximum Gasteiger partial charge on any atom is 0.239 e. The van der Waals surface area contributed by atoms with Gasteiger partial charge in [0.1, 0.15) is 5.88 Å². The van der Waals surface area contributed by atoms with Crippen LogP contribution >= 0.6 is 11.6 Å². The summed E-state index contributed by atoms with van der Waals surface area (Å²) < 4.78 is 0. The molecule has 0 spiro atoms. The Kier molecular flexibility index (Phi) is 3.79. The highest BCUT2D eigenvalue weighted by Gasteiger charge is 2.18. The summed E-state index contributed by atoms with van der Waals surface area (Å²) in [6, 6.07) is 5.72. The first-order valence-electron chi connectivity index (χ1n) is 5.70. The van der Waals surface area contributed by atoms with Gasteiger partial charge in [-0.3, -0.25) is 9.79 Å². The van der Waals surface area contributed by atoms with Gasteiger partial charge in [0, 0.05) is 6.21 Å². The molecular formula is C13H15ClN2O. The lowest BCUT2D eigenvalue weighted by atomic mass is 10.1. The lowest BCUT2D eigenvalue weighted by Crippen LogP contribution is -2.12. The third-order valence-electron chi connectivity index (χ3n) is 2.67. The van der Waals surface area contributed by atoms with E-state index >= 15 is 0 Å². The Morgan fingerprint density at radius 1 is 1.59 bits per heavy atom. The van der Waals surface area contributed by atoms with Crippen LogP contribution in [0.4, 0.5) is 11.4 Å². The zero-order chi connectivity index (χ0) is 12.3. The van der Waals surface area contributed by atoms with E-state index in [0.29, 0.717) is 5.92 Å². The molecule has 3 nitrogen and oxygen atoms in total. The van der Waals surface area contributed by atoms with Crippen molar-refractivity contribution in [3.63, 3.8) is 0 Å². The van der Waals surface area contributed by atoms with Crippen molar-refractivity contribution in [2.24, 2.45) is 10.9 Å². The maximum atomic E-state index is 11.3. The van der Waals surface area contributed by atoms with Crippen LogP contribution in [0.2, 0.25) is 0 Å². The summed E-state index contributed by atoms with van der Waals surface area (Å²) in [6.45, 7) is 1.98. The van der Waals surface area contributed by atoms with Gasteiger partial charge in [-0.1, -0.05) is 12.1 Å². The molecule has 0 aromatic heterocycles. The van der Waals surface area contributed by atoms with Gasteiger partial charge in [0.05, 0.1) is 11.4 Å². The molecule has 1 aliphatic rings. The van der Waals surface area contributed by atoms with Gasteiger partial charge in [-0.05, 0) is 37.3 Å². The number of aryl methyl sites for hydroxylation is 1. The number of halogens is 1. The number of hydrogen-bond acceptors (Lipinski definition) is 2. The van der Waals surface area contributed by atoms with Crippen molar-refractivity contribution >= 4 is 35.1 Å². The van der Waals surface area contributed by atoms with Crippen LogP contribution in [0, 0.1) is 12.8 Å². The Bertz CT molecular complexity index is 453. The Morgan fingerprint density at radius 2 is 2.35 bits per heavy atom. The molecule has 0 unspecified atom stereocenters. The zero-order valence-corrected chi connectivity index (χ0v) is 10.5. The average Bonchev–Trinajstić information content (AvgIpc) is 3.12. The van der Waals surface area contributed by atoms with Crippen molar-refractivity contribution < 1.29 is 4.79 Å². The van der Waals surface area contributed by atoms with E-state index in [4.69, 9.17) is 11.6 Å². The van der Waals surface area contributed by atoms with Crippen LogP contribution in [0.3, 0.4) is 0 Å². The van der Waals surface area contributed by atoms with Crippen LogP contribution in [-0.4, -0.2) is 18.0 Å². The first kappa shape index (κ1) is 12.1. The van der Waals surface area contributed by atoms with Crippen LogP contribution in [0.15, 0.2) is 23.2 Å². The number of para-hydroxylation sites is 1. The summed E-state index contributed by atoms with van der Waals surface area (Å²) >= 11 is 5.48. The molecule has 1 N–H and O–H groups in total. The number of alkyl halides is 1. The second-order valence-corrected chi connectivity index (χ2v) is 4.54. The summed E-state index contributed by atoms with van der Waals surface area (Å²) in [4.78, 5) is 15.8. The van der Waals surface area contributed by atoms with E-state index in [0.717, 1.165) is 16.9 Å². The lowest BCUT2D eigenvalue weighted by molar-refractivity contribution is -0.113. The van der Waals surface area contributed by atoms with Crippen LogP contribution in [0.1, 0.15) is 18.4 Å². The molecule has 0 bridgehead atoms. The monoisotopic (exact) mass is 250 g/mol. The van der Waals surface area contributed by atoms with Gasteiger partial charge in [0.15, 0.2) is 0 Å². The molecule has 17 heavy (non-hydrogen) atoms. The fraction of sp³-hybridized carbons (Fsp3) is 0.385. The minimum atomic E-state index is -0.208. The summed E-state index contributed by atoms with van der Waals surface area (Å²) in [7, 11) is 0. The van der Waals surface area contributed by atoms with E-state index in [1.165, 1.54) is 12.8 Å². The number of carbonyl (C=O) groups is 1. The Morgan fingerprint density at radius 3 is 3.00 bits per heavy atom. The average molecular weight is 251 g/mol. The van der Waals surface area contributed by atoms with Gasteiger partial charge in [0.25, 0.3) is 0 Å². The highest BCUT2D eigenvalue weighted by molar-refractivity contribution is 6.29. The number of rotatable bonds is 4. The number of nitrogens with one attached hydrogen (secondary N) is 1. The molecule has 90 valence electrons. The third-order valence-corrected chi connectivity index (χ3v) is 2.91. The van der Waals surface area contributed by atoms with Gasteiger partial charge >= 0.3 is 0 Å². The van der Waals surface area contributed by atoms with Gasteiger partial charge in [-0.15, -0.1) is 11.6 Å². The number of nitrogens with zero attached hydrogens (tertiary/aromatic N) is 1. The Labute approximate surface area is 106 Å². The maximum absolute atomic E-state index is 11.3. The summed E-state index contributed by atoms with van der Waals surface area (Å²) in [6.07, 6.45) is 4.41. The minimum Gasteiger partial charge on any atom is -0.323 e. The first-order chi connectivity index (χ1) is 8.20. The van der Waals surface area contributed by atoms with Gasteiger partial charge in [0.2, 0.25) is 5.91 Å². The smallest absolute Gasteiger partial charge is 0.239 e. The molecule has 0 atom stereocenters. The first-order valence-corrected chi connectivity index (χ1v) is 6.24. The molecule has 0 saturated heterocycles. The highest BCUT2D eigenvalue weighted by atomic mass is 35.5. The fourth-order valence-corrected chi connectivity index (χ4v) is 1.61. The molecule has 0 heterocycles. The molecular weight excluding hydrogens is 236 g/mol. The molecule has 4 heteroatoms. The number of amides is 1. The fourth-order valence-electron chi connectivity index (χ4n) is 1.54. The molecule has 1 aliphatic carbocycles. The van der Waals surface area contributed by atoms with E-state index in [-0.39, 0.29) is 11.8 Å². The van der Waals surface area contributed by atoms with Crippen molar-refractivity contribution in [3.05, 3.63) is 23.8 Å². The molecule has 1 saturated carbocycles. The van der Waals surface area contributed by atoms with Gasteiger partial charge in [-0.2, -0.15) is 0 Å². The third kappa shape index (κ3) is 3.30. The Balaban J connectivity index is 2.23. The number of benzene rings is 1. The molecule has 1 amide bonds. The zero-order valence-electron chi connectivity index (χ0n) is 9.74. The number of hydrogen-bond donors (Lipinski definition) is 1. The van der Waals surface area contributed by atoms with Gasteiger partial charge < -0.3 is 5.32 Å². The normalized spacial score (nSPS) is 15.2. The summed E-state index contributed by atoms with van der Waals surface area (Å²) in [5.41, 5.74) is 2.61. The number of anilines is 1. The minimum absolute atomic E-state index is 0.0419. The van der Waals surface area contributed by atoms with Crippen molar-refractivity contribution in [3.8, 4) is 0 Å². The number of carbonyl (C=O) groups excluding carboxylic acids is 1. The van der Waals surface area contributed by atoms with Gasteiger partial charge in [-0.25, -0.2) is 0 Å². The highest BCUT2D eigenvalue weighted by Crippen LogP contribution is 2.32. The van der Waals surface area contributed by atoms with E-state index < -0.39 is 0 Å². The van der Waals surface area contributed by atoms with Crippen LogP contribution in [0.5, 0.6) is 0 Å².